The van der Waals surface area contributed by atoms with Gasteiger partial charge in [0.05, 0.1) is 17.6 Å². The van der Waals surface area contributed by atoms with Gasteiger partial charge >= 0.3 is 6.18 Å². The van der Waals surface area contributed by atoms with E-state index in [-0.39, 0.29) is 17.3 Å². The second-order valence-electron chi connectivity index (χ2n) is 13.1. The minimum Gasteiger partial charge on any atom is -0.393 e. The van der Waals surface area contributed by atoms with Gasteiger partial charge in [0, 0.05) is 0 Å². The number of fused-ring (bicyclic) bond motifs is 5. The zero-order chi connectivity index (χ0) is 24.4. The highest BCUT2D eigenvalue weighted by atomic mass is 19.4. The molecule has 4 rings (SSSR count). The summed E-state index contributed by atoms with van der Waals surface area (Å²) >= 11 is 0. The minimum atomic E-state index is -4.33. The van der Waals surface area contributed by atoms with Crippen LogP contribution in [-0.4, -0.2) is 28.1 Å². The molecule has 4 aliphatic rings. The summed E-state index contributed by atoms with van der Waals surface area (Å²) in [5, 5.41) is 20.8. The summed E-state index contributed by atoms with van der Waals surface area (Å²) < 4.78 is 38.9. The Morgan fingerprint density at radius 3 is 2.36 bits per heavy atom. The molecule has 0 amide bonds. The standard InChI is InChI=1S/C28H45F3O2/c1-17(6-11-24(32)18(2)28(29,30)31)21-9-10-22-20-8-7-19-16-25(3,33)14-15-26(19,4)23(20)12-13-27(21,22)5/h7,17-18,20-24,32-33H,6,8-16H2,1-5H3/t17-,18?,20+,21-,22+,23+,24?,25+,26+,27-/m1/s1. The molecule has 3 saturated carbocycles. The summed E-state index contributed by atoms with van der Waals surface area (Å²) in [5.41, 5.74) is 1.39. The van der Waals surface area contributed by atoms with E-state index < -0.39 is 23.8 Å². The van der Waals surface area contributed by atoms with Crippen molar-refractivity contribution in [2.45, 2.75) is 117 Å². The summed E-state index contributed by atoms with van der Waals surface area (Å²) in [7, 11) is 0. The van der Waals surface area contributed by atoms with Gasteiger partial charge in [0.25, 0.3) is 0 Å². The Labute approximate surface area is 198 Å². The number of rotatable bonds is 5. The Bertz CT molecular complexity index is 759. The molecular formula is C28H45F3O2. The third-order valence-electron chi connectivity index (χ3n) is 11.2. The number of alkyl halides is 3. The molecule has 2 N–H and O–H groups in total. The lowest BCUT2D eigenvalue weighted by atomic mass is 9.46. The molecule has 2 unspecified atom stereocenters. The number of hydrogen-bond acceptors (Lipinski definition) is 2. The zero-order valence-electron chi connectivity index (χ0n) is 21.2. The van der Waals surface area contributed by atoms with Gasteiger partial charge in [-0.2, -0.15) is 13.2 Å². The molecule has 0 aromatic heterocycles. The van der Waals surface area contributed by atoms with Gasteiger partial charge in [-0.1, -0.05) is 39.3 Å². The van der Waals surface area contributed by atoms with Crippen LogP contribution in [0.15, 0.2) is 11.6 Å². The Morgan fingerprint density at radius 2 is 1.70 bits per heavy atom. The highest BCUT2D eigenvalue weighted by molar-refractivity contribution is 5.26. The van der Waals surface area contributed by atoms with E-state index >= 15 is 0 Å². The second kappa shape index (κ2) is 8.54. The van der Waals surface area contributed by atoms with Crippen LogP contribution in [0.1, 0.15) is 98.8 Å². The Morgan fingerprint density at radius 1 is 1.00 bits per heavy atom. The van der Waals surface area contributed by atoms with Crippen molar-refractivity contribution in [3.8, 4) is 0 Å². The quantitative estimate of drug-likeness (QED) is 0.414. The van der Waals surface area contributed by atoms with Crippen LogP contribution in [0.3, 0.4) is 0 Å². The fourth-order valence-electron chi connectivity index (χ4n) is 8.88. The summed E-state index contributed by atoms with van der Waals surface area (Å²) in [6.07, 6.45) is 6.43. The van der Waals surface area contributed by atoms with E-state index in [2.05, 4.69) is 26.8 Å². The van der Waals surface area contributed by atoms with Gasteiger partial charge in [0.1, 0.15) is 0 Å². The first-order valence-electron chi connectivity index (χ1n) is 13.4. The summed E-state index contributed by atoms with van der Waals surface area (Å²) in [5.74, 6) is 1.26. The van der Waals surface area contributed by atoms with E-state index in [1.807, 2.05) is 6.92 Å². The number of halogens is 3. The molecule has 10 atom stereocenters. The third-order valence-corrected chi connectivity index (χ3v) is 11.2. The normalized spacial score (nSPS) is 45.9. The maximum Gasteiger partial charge on any atom is 0.394 e. The number of allylic oxidation sites excluding steroid dienone is 1. The summed E-state index contributed by atoms with van der Waals surface area (Å²) in [6.45, 7) is 10.2. The lowest BCUT2D eigenvalue weighted by Gasteiger charge is -2.59. The van der Waals surface area contributed by atoms with Gasteiger partial charge in [-0.3, -0.25) is 0 Å². The lowest BCUT2D eigenvalue weighted by molar-refractivity contribution is -0.195. The molecule has 0 radical (unpaired) electrons. The van der Waals surface area contributed by atoms with Gasteiger partial charge in [-0.25, -0.2) is 0 Å². The van der Waals surface area contributed by atoms with E-state index in [0.717, 1.165) is 32.6 Å². The topological polar surface area (TPSA) is 40.5 Å². The Kier molecular flexibility index (Phi) is 6.61. The molecule has 0 spiro atoms. The summed E-state index contributed by atoms with van der Waals surface area (Å²) in [4.78, 5) is 0. The fraction of sp³-hybridized carbons (Fsp3) is 0.929. The van der Waals surface area contributed by atoms with E-state index in [4.69, 9.17) is 0 Å². The minimum absolute atomic E-state index is 0.216. The molecular weight excluding hydrogens is 425 g/mol. The number of hydrogen-bond donors (Lipinski definition) is 2. The van der Waals surface area contributed by atoms with Crippen LogP contribution in [0.25, 0.3) is 0 Å². The average Bonchev–Trinajstić information content (AvgIpc) is 3.08. The number of aliphatic hydroxyl groups excluding tert-OH is 1. The first-order chi connectivity index (χ1) is 15.2. The van der Waals surface area contributed by atoms with Crippen LogP contribution in [0.4, 0.5) is 13.2 Å². The zero-order valence-corrected chi connectivity index (χ0v) is 21.2. The molecule has 2 nitrogen and oxygen atoms in total. The van der Waals surface area contributed by atoms with Crippen LogP contribution in [0, 0.1) is 46.3 Å². The van der Waals surface area contributed by atoms with Crippen molar-refractivity contribution < 1.29 is 23.4 Å². The smallest absolute Gasteiger partial charge is 0.393 e. The molecule has 33 heavy (non-hydrogen) atoms. The predicted octanol–water partition coefficient (Wildman–Crippen LogP) is 7.29. The second-order valence-corrected chi connectivity index (χ2v) is 13.1. The van der Waals surface area contributed by atoms with Crippen molar-refractivity contribution in [3.05, 3.63) is 11.6 Å². The molecule has 5 heteroatoms. The van der Waals surface area contributed by atoms with Gasteiger partial charge in [0.2, 0.25) is 0 Å². The van der Waals surface area contributed by atoms with Crippen LogP contribution in [0.2, 0.25) is 0 Å². The van der Waals surface area contributed by atoms with Crippen LogP contribution in [-0.2, 0) is 0 Å². The van der Waals surface area contributed by atoms with Crippen molar-refractivity contribution in [1.82, 2.24) is 0 Å². The van der Waals surface area contributed by atoms with Gasteiger partial charge in [-0.05, 0) is 112 Å². The van der Waals surface area contributed by atoms with Crippen molar-refractivity contribution in [3.63, 3.8) is 0 Å². The molecule has 0 aromatic carbocycles. The Balaban J connectivity index is 1.45. The van der Waals surface area contributed by atoms with Crippen molar-refractivity contribution >= 4 is 0 Å². The van der Waals surface area contributed by atoms with Crippen molar-refractivity contribution in [1.29, 1.82) is 0 Å². The lowest BCUT2D eigenvalue weighted by Crippen LogP contribution is -2.52. The fourth-order valence-corrected chi connectivity index (χ4v) is 8.88. The van der Waals surface area contributed by atoms with E-state index in [1.54, 1.807) is 0 Å². The molecule has 3 fully saturated rings. The maximum absolute atomic E-state index is 13.0. The van der Waals surface area contributed by atoms with Crippen LogP contribution < -0.4 is 0 Å². The molecule has 0 saturated heterocycles. The maximum atomic E-state index is 13.0. The largest absolute Gasteiger partial charge is 0.394 e. The first kappa shape index (κ1) is 25.5. The molecule has 4 aliphatic carbocycles. The predicted molar refractivity (Wildman–Crippen MR) is 125 cm³/mol. The Hall–Kier alpha value is -0.550. The molecule has 0 aliphatic heterocycles. The molecule has 190 valence electrons. The van der Waals surface area contributed by atoms with Crippen LogP contribution >= 0.6 is 0 Å². The van der Waals surface area contributed by atoms with Gasteiger partial charge < -0.3 is 10.2 Å². The van der Waals surface area contributed by atoms with Crippen molar-refractivity contribution in [2.75, 3.05) is 0 Å². The van der Waals surface area contributed by atoms with Gasteiger partial charge in [-0.15, -0.1) is 0 Å². The van der Waals surface area contributed by atoms with E-state index in [9.17, 15) is 23.4 Å². The SMILES string of the molecule is CC(C(O)CC[C@@H](C)[C@H]1CC[C@H]2[C@@H]3CC=C4C[C@@](C)(O)CC[C@]4(C)[C@H]3CC[C@]12C)C(F)(F)F. The van der Waals surface area contributed by atoms with E-state index in [1.165, 1.54) is 31.3 Å². The monoisotopic (exact) mass is 470 g/mol. The molecule has 0 bridgehead atoms. The highest BCUT2D eigenvalue weighted by Crippen LogP contribution is 2.67. The van der Waals surface area contributed by atoms with Crippen molar-refractivity contribution in [2.24, 2.45) is 46.3 Å². The average molecular weight is 471 g/mol. The number of aliphatic hydroxyl groups is 2. The summed E-state index contributed by atoms with van der Waals surface area (Å²) in [6, 6.07) is 0. The van der Waals surface area contributed by atoms with Crippen LogP contribution in [0.5, 0.6) is 0 Å². The molecule has 0 heterocycles. The van der Waals surface area contributed by atoms with E-state index in [0.29, 0.717) is 36.0 Å². The first-order valence-corrected chi connectivity index (χ1v) is 13.4. The highest BCUT2D eigenvalue weighted by Gasteiger charge is 2.59. The van der Waals surface area contributed by atoms with Gasteiger partial charge in [0.15, 0.2) is 0 Å². The third kappa shape index (κ3) is 4.43. The molecule has 0 aromatic rings.